The van der Waals surface area contributed by atoms with Gasteiger partial charge in [0.05, 0.1) is 6.61 Å². The highest BCUT2D eigenvalue weighted by atomic mass is 31.0. The van der Waals surface area contributed by atoms with Gasteiger partial charge in [0.2, 0.25) is 0 Å². The van der Waals surface area contributed by atoms with E-state index in [9.17, 15) is 0 Å². The van der Waals surface area contributed by atoms with Gasteiger partial charge in [-0.25, -0.2) is 0 Å². The fourth-order valence-electron chi connectivity index (χ4n) is 1.73. The molecule has 1 aliphatic carbocycles. The molecule has 2 fully saturated rings. The van der Waals surface area contributed by atoms with E-state index in [0.717, 1.165) is 12.5 Å². The summed E-state index contributed by atoms with van der Waals surface area (Å²) in [5, 5.41) is 0. The van der Waals surface area contributed by atoms with Gasteiger partial charge in [0.15, 0.2) is 0 Å². The van der Waals surface area contributed by atoms with E-state index >= 15 is 0 Å². The minimum Gasteiger partial charge on any atom is -0.295 e. The van der Waals surface area contributed by atoms with Crippen LogP contribution < -0.4 is 0 Å². The van der Waals surface area contributed by atoms with Gasteiger partial charge >= 0.3 is 0 Å². The van der Waals surface area contributed by atoms with Gasteiger partial charge < -0.3 is 0 Å². The summed E-state index contributed by atoms with van der Waals surface area (Å²) >= 11 is 0. The third kappa shape index (κ3) is 1.000. The Labute approximate surface area is 57.8 Å². The van der Waals surface area contributed by atoms with Gasteiger partial charge in [-0.05, 0) is 34.6 Å². The van der Waals surface area contributed by atoms with Crippen LogP contribution in [0, 0.1) is 5.92 Å². The van der Waals surface area contributed by atoms with Gasteiger partial charge in [0.1, 0.15) is 0 Å². The molecule has 1 heterocycles. The largest absolute Gasteiger partial charge is 0.295 e. The van der Waals surface area contributed by atoms with Crippen LogP contribution in [0.4, 0.5) is 0 Å². The van der Waals surface area contributed by atoms with Gasteiger partial charge in [-0.3, -0.25) is 4.84 Å². The van der Waals surface area contributed by atoms with Crippen molar-refractivity contribution >= 4 is 9.39 Å². The summed E-state index contributed by atoms with van der Waals surface area (Å²) in [5.74, 6) is 0.867. The monoisotopic (exact) mass is 145 g/mol. The molecule has 0 aromatic carbocycles. The second-order valence-electron chi connectivity index (χ2n) is 2.99. The lowest BCUT2D eigenvalue weighted by molar-refractivity contribution is -0.135. The van der Waals surface area contributed by atoms with Crippen molar-refractivity contribution in [3.63, 3.8) is 0 Å². The van der Waals surface area contributed by atoms with Crippen LogP contribution in [0.15, 0.2) is 0 Å². The lowest BCUT2D eigenvalue weighted by atomic mass is 10.1. The smallest absolute Gasteiger partial charge is 0.0717 e. The summed E-state index contributed by atoms with van der Waals surface area (Å²) in [7, 11) is 2.63. The van der Waals surface area contributed by atoms with E-state index in [-0.39, 0.29) is 0 Å². The fraction of sp³-hybridized carbons (Fsp3) is 1.00. The lowest BCUT2D eigenvalue weighted by Crippen LogP contribution is -2.30. The Kier molecular flexibility index (Phi) is 1.48. The number of hydroxylamine groups is 1. The van der Waals surface area contributed by atoms with Crippen LogP contribution in [0.1, 0.15) is 19.3 Å². The van der Waals surface area contributed by atoms with Gasteiger partial charge in [0.25, 0.3) is 0 Å². The van der Waals surface area contributed by atoms with Crippen molar-refractivity contribution in [1.29, 1.82) is 0 Å². The summed E-state index contributed by atoms with van der Waals surface area (Å²) in [6, 6.07) is 0.703. The van der Waals surface area contributed by atoms with Crippen LogP contribution in [-0.2, 0) is 4.84 Å². The number of hydrogen-bond acceptors (Lipinski definition) is 2. The van der Waals surface area contributed by atoms with E-state index in [2.05, 4.69) is 9.39 Å². The van der Waals surface area contributed by atoms with Gasteiger partial charge in [0, 0.05) is 6.04 Å². The van der Waals surface area contributed by atoms with Crippen LogP contribution in [-0.4, -0.2) is 17.5 Å². The first-order valence-electron chi connectivity index (χ1n) is 3.53. The zero-order valence-electron chi connectivity index (χ0n) is 5.42. The molecule has 0 spiro atoms. The summed E-state index contributed by atoms with van der Waals surface area (Å²) in [4.78, 5) is 7.31. The number of rotatable bonds is 0. The van der Waals surface area contributed by atoms with E-state index in [0.29, 0.717) is 6.04 Å². The Morgan fingerprint density at radius 3 is 3.11 bits per heavy atom. The first-order chi connectivity index (χ1) is 4.36. The highest BCUT2D eigenvalue weighted by Gasteiger charge is 2.33. The van der Waals surface area contributed by atoms with E-state index in [1.807, 2.05) is 4.83 Å². The summed E-state index contributed by atoms with van der Waals surface area (Å²) in [6.07, 6.45) is 4.05. The third-order valence-electron chi connectivity index (χ3n) is 2.33. The molecule has 3 atom stereocenters. The average molecular weight is 145 g/mol. The van der Waals surface area contributed by atoms with Crippen molar-refractivity contribution in [3.8, 4) is 0 Å². The molecule has 2 nitrogen and oxygen atoms in total. The Morgan fingerprint density at radius 2 is 2.33 bits per heavy atom. The normalized spacial score (nSPS) is 43.7. The zero-order chi connectivity index (χ0) is 6.27. The summed E-state index contributed by atoms with van der Waals surface area (Å²) in [6.45, 7) is 0.944. The maximum atomic E-state index is 5.36. The maximum Gasteiger partial charge on any atom is 0.0717 e. The maximum absolute atomic E-state index is 5.36. The Bertz CT molecular complexity index is 120. The zero-order valence-corrected chi connectivity index (χ0v) is 6.57. The van der Waals surface area contributed by atoms with Crippen LogP contribution in [0.2, 0.25) is 0 Å². The third-order valence-corrected chi connectivity index (χ3v) is 2.90. The van der Waals surface area contributed by atoms with Gasteiger partial charge in [-0.2, -0.15) is 4.83 Å². The van der Waals surface area contributed by atoms with Crippen molar-refractivity contribution in [1.82, 2.24) is 4.83 Å². The molecule has 3 unspecified atom stereocenters. The molecule has 0 aromatic heterocycles. The predicted octanol–water partition coefficient (Wildman–Crippen LogP) is 1.19. The van der Waals surface area contributed by atoms with Crippen LogP contribution >= 0.6 is 9.39 Å². The first-order valence-corrected chi connectivity index (χ1v) is 4.05. The topological polar surface area (TPSA) is 12.5 Å². The molecule has 1 saturated carbocycles. The number of fused-ring (bicyclic) bond motifs is 2. The summed E-state index contributed by atoms with van der Waals surface area (Å²) in [5.41, 5.74) is 0. The van der Waals surface area contributed by atoms with E-state index in [4.69, 9.17) is 4.84 Å². The van der Waals surface area contributed by atoms with Crippen molar-refractivity contribution in [3.05, 3.63) is 0 Å². The average Bonchev–Trinajstić information content (AvgIpc) is 2.25. The minimum absolute atomic E-state index is 0.703. The molecular formula is C6H12NOP. The molecular weight excluding hydrogens is 133 g/mol. The predicted molar refractivity (Wildman–Crippen MR) is 38.6 cm³/mol. The minimum atomic E-state index is 0.703. The van der Waals surface area contributed by atoms with Gasteiger partial charge in [-0.15, -0.1) is 0 Å². The molecule has 1 aliphatic heterocycles. The summed E-state index contributed by atoms with van der Waals surface area (Å²) < 4.78 is 0. The lowest BCUT2D eigenvalue weighted by Gasteiger charge is -2.28. The van der Waals surface area contributed by atoms with Crippen LogP contribution in [0.3, 0.4) is 0 Å². The molecule has 0 amide bonds. The molecule has 1 saturated heterocycles. The van der Waals surface area contributed by atoms with E-state index in [1.54, 1.807) is 0 Å². The van der Waals surface area contributed by atoms with E-state index < -0.39 is 0 Å². The molecule has 0 radical (unpaired) electrons. The molecule has 9 heavy (non-hydrogen) atoms. The van der Waals surface area contributed by atoms with Crippen molar-refractivity contribution < 1.29 is 4.84 Å². The molecule has 52 valence electrons. The standard InChI is InChI=1S/C6H12NOP/c9-7-6-2-1-5(3-6)4-8-7/h5-6H,1-4,9H2. The molecule has 0 N–H and O–H groups in total. The van der Waals surface area contributed by atoms with Crippen LogP contribution in [0.25, 0.3) is 0 Å². The Morgan fingerprint density at radius 1 is 1.44 bits per heavy atom. The number of nitrogens with zero attached hydrogens (tertiary/aromatic N) is 1. The van der Waals surface area contributed by atoms with Crippen LogP contribution in [0.5, 0.6) is 0 Å². The molecule has 0 aromatic rings. The highest BCUT2D eigenvalue weighted by molar-refractivity contribution is 7.13. The SMILES string of the molecule is PN1OCC2CCC1C2. The first kappa shape index (κ1) is 6.09. The van der Waals surface area contributed by atoms with E-state index in [1.165, 1.54) is 19.3 Å². The van der Waals surface area contributed by atoms with Crippen molar-refractivity contribution in [2.24, 2.45) is 5.92 Å². The Balaban J connectivity index is 2.05. The fourth-order valence-corrected chi connectivity index (χ4v) is 2.08. The second kappa shape index (κ2) is 2.19. The highest BCUT2D eigenvalue weighted by Crippen LogP contribution is 2.35. The molecule has 3 heteroatoms. The quantitative estimate of drug-likeness (QED) is 0.475. The Hall–Kier alpha value is 0.350. The van der Waals surface area contributed by atoms with Gasteiger partial charge in [-0.1, -0.05) is 0 Å². The van der Waals surface area contributed by atoms with Crippen molar-refractivity contribution in [2.75, 3.05) is 6.61 Å². The molecule has 2 bridgehead atoms. The number of hydrogen-bond donors (Lipinski definition) is 0. The second-order valence-corrected chi connectivity index (χ2v) is 3.50. The molecule has 2 rings (SSSR count). The van der Waals surface area contributed by atoms with Crippen molar-refractivity contribution in [2.45, 2.75) is 25.3 Å². The molecule has 2 aliphatic rings.